The zero-order valence-corrected chi connectivity index (χ0v) is 18.9. The van der Waals surface area contributed by atoms with Gasteiger partial charge in [0.15, 0.2) is 0 Å². The van der Waals surface area contributed by atoms with Crippen molar-refractivity contribution in [2.75, 3.05) is 39.4 Å². The van der Waals surface area contributed by atoms with E-state index >= 15 is 0 Å². The molecule has 1 saturated carbocycles. The topological polar surface area (TPSA) is 42.0 Å². The van der Waals surface area contributed by atoms with Crippen molar-refractivity contribution in [2.24, 2.45) is 0 Å². The van der Waals surface area contributed by atoms with Crippen LogP contribution in [-0.4, -0.2) is 61.1 Å². The minimum atomic E-state index is 0.0759. The quantitative estimate of drug-likeness (QED) is 0.711. The van der Waals surface area contributed by atoms with E-state index in [4.69, 9.17) is 9.47 Å². The average molecular weight is 435 g/mol. The molecule has 1 amide bonds. The van der Waals surface area contributed by atoms with Crippen molar-refractivity contribution in [3.8, 4) is 5.75 Å². The van der Waals surface area contributed by atoms with Crippen LogP contribution in [0.25, 0.3) is 0 Å². The van der Waals surface area contributed by atoms with Gasteiger partial charge in [0.1, 0.15) is 12.4 Å². The van der Waals surface area contributed by atoms with Gasteiger partial charge in [0.2, 0.25) is 0 Å². The van der Waals surface area contributed by atoms with Crippen LogP contribution in [0.15, 0.2) is 42.5 Å². The van der Waals surface area contributed by atoms with Crippen molar-refractivity contribution in [1.82, 2.24) is 9.80 Å². The Balaban J connectivity index is 1.20. The molecule has 0 unspecified atom stereocenters. The van der Waals surface area contributed by atoms with E-state index in [-0.39, 0.29) is 5.91 Å². The molecule has 0 spiro atoms. The summed E-state index contributed by atoms with van der Waals surface area (Å²) in [4.78, 5) is 17.3. The summed E-state index contributed by atoms with van der Waals surface area (Å²) in [5.41, 5.74) is 4.64. The highest BCUT2D eigenvalue weighted by molar-refractivity contribution is 5.94. The molecule has 2 aromatic rings. The number of benzene rings is 2. The van der Waals surface area contributed by atoms with Crippen LogP contribution in [0.2, 0.25) is 0 Å². The van der Waals surface area contributed by atoms with Gasteiger partial charge in [-0.15, -0.1) is 0 Å². The second kappa shape index (κ2) is 10.1. The molecular weight excluding hydrogens is 400 g/mol. The van der Waals surface area contributed by atoms with Crippen molar-refractivity contribution in [3.05, 3.63) is 64.7 Å². The van der Waals surface area contributed by atoms with Crippen LogP contribution in [-0.2, 0) is 24.2 Å². The smallest absolute Gasteiger partial charge is 0.254 e. The fraction of sp³-hybridized carbons (Fsp3) is 0.519. The van der Waals surface area contributed by atoms with Crippen molar-refractivity contribution in [2.45, 2.75) is 51.2 Å². The van der Waals surface area contributed by atoms with Crippen LogP contribution < -0.4 is 4.74 Å². The van der Waals surface area contributed by atoms with Crippen LogP contribution in [0.4, 0.5) is 0 Å². The predicted molar refractivity (Wildman–Crippen MR) is 125 cm³/mol. The van der Waals surface area contributed by atoms with Crippen molar-refractivity contribution in [3.63, 3.8) is 0 Å². The van der Waals surface area contributed by atoms with Gasteiger partial charge in [-0.25, -0.2) is 0 Å². The lowest BCUT2D eigenvalue weighted by Gasteiger charge is -2.27. The first-order valence-electron chi connectivity index (χ1n) is 12.2. The number of carbonyl (C=O) groups is 1. The molecule has 32 heavy (non-hydrogen) atoms. The maximum Gasteiger partial charge on any atom is 0.254 e. The Morgan fingerprint density at radius 2 is 1.72 bits per heavy atom. The van der Waals surface area contributed by atoms with Gasteiger partial charge in [0.25, 0.3) is 5.91 Å². The van der Waals surface area contributed by atoms with Crippen molar-refractivity contribution >= 4 is 5.91 Å². The zero-order valence-electron chi connectivity index (χ0n) is 18.9. The molecule has 5 heteroatoms. The molecule has 1 saturated heterocycles. The molecule has 0 bridgehead atoms. The van der Waals surface area contributed by atoms with Crippen molar-refractivity contribution < 1.29 is 14.3 Å². The Morgan fingerprint density at radius 3 is 2.53 bits per heavy atom. The molecule has 2 aliphatic heterocycles. The molecule has 0 atom stereocenters. The Bertz CT molecular complexity index is 932. The van der Waals surface area contributed by atoms with E-state index in [1.54, 1.807) is 0 Å². The van der Waals surface area contributed by atoms with Crippen LogP contribution in [0.1, 0.15) is 52.7 Å². The van der Waals surface area contributed by atoms with Gasteiger partial charge in [0.05, 0.1) is 13.2 Å². The van der Waals surface area contributed by atoms with E-state index in [1.807, 2.05) is 29.2 Å². The van der Waals surface area contributed by atoms with Gasteiger partial charge < -0.3 is 14.4 Å². The normalized spacial score (nSPS) is 20.1. The second-order valence-electron chi connectivity index (χ2n) is 9.30. The molecule has 0 radical (unpaired) electrons. The third-order valence-corrected chi connectivity index (χ3v) is 7.23. The van der Waals surface area contributed by atoms with Gasteiger partial charge in [-0.3, -0.25) is 9.69 Å². The van der Waals surface area contributed by atoms with Crippen LogP contribution in [0, 0.1) is 0 Å². The molecular formula is C27H34N2O3. The van der Waals surface area contributed by atoms with Gasteiger partial charge >= 0.3 is 0 Å². The monoisotopic (exact) mass is 434 g/mol. The lowest BCUT2D eigenvalue weighted by Crippen LogP contribution is -2.40. The number of morpholine rings is 1. The molecule has 2 aromatic carbocycles. The first kappa shape index (κ1) is 21.5. The standard InChI is InChI=1S/C27H34N2O3/c30-27(29-14-16-31-17-15-29)24-5-3-4-21(18-24)20-32-26-9-8-22-10-12-28(13-11-23(22)19-26)25-6-1-2-7-25/h3-5,8-9,18-19,25H,1-2,6-7,10-17,20H2. The fourth-order valence-electron chi connectivity index (χ4n) is 5.35. The second-order valence-corrected chi connectivity index (χ2v) is 9.30. The van der Waals surface area contributed by atoms with E-state index in [0.717, 1.165) is 42.3 Å². The third-order valence-electron chi connectivity index (χ3n) is 7.23. The highest BCUT2D eigenvalue weighted by Crippen LogP contribution is 2.28. The molecule has 5 nitrogen and oxygen atoms in total. The highest BCUT2D eigenvalue weighted by Gasteiger charge is 2.24. The largest absolute Gasteiger partial charge is 0.489 e. The van der Waals surface area contributed by atoms with Gasteiger partial charge in [0, 0.05) is 37.8 Å². The van der Waals surface area contributed by atoms with Crippen molar-refractivity contribution in [1.29, 1.82) is 0 Å². The summed E-state index contributed by atoms with van der Waals surface area (Å²) in [6.45, 7) is 5.36. The molecule has 2 heterocycles. The minimum Gasteiger partial charge on any atom is -0.489 e. The van der Waals surface area contributed by atoms with E-state index in [9.17, 15) is 4.79 Å². The summed E-state index contributed by atoms with van der Waals surface area (Å²) in [6.07, 6.45) is 7.77. The predicted octanol–water partition coefficient (Wildman–Crippen LogP) is 4.08. The maximum atomic E-state index is 12.8. The van der Waals surface area contributed by atoms with E-state index in [0.29, 0.717) is 32.9 Å². The highest BCUT2D eigenvalue weighted by atomic mass is 16.5. The number of ether oxygens (including phenoxy) is 2. The SMILES string of the molecule is O=C(c1cccc(COc2ccc3c(c2)CCN(C2CCCC2)CC3)c1)N1CCOCC1. The Labute approximate surface area is 191 Å². The van der Waals surface area contributed by atoms with Gasteiger partial charge in [-0.2, -0.15) is 0 Å². The number of fused-ring (bicyclic) bond motifs is 1. The first-order valence-corrected chi connectivity index (χ1v) is 12.2. The average Bonchev–Trinajstić information content (AvgIpc) is 3.30. The summed E-state index contributed by atoms with van der Waals surface area (Å²) < 4.78 is 11.5. The Hall–Kier alpha value is -2.37. The number of nitrogens with zero attached hydrogens (tertiary/aromatic N) is 2. The minimum absolute atomic E-state index is 0.0759. The lowest BCUT2D eigenvalue weighted by atomic mass is 10.0. The molecule has 5 rings (SSSR count). The summed E-state index contributed by atoms with van der Waals surface area (Å²) >= 11 is 0. The third kappa shape index (κ3) is 5.00. The maximum absolute atomic E-state index is 12.8. The number of hydrogen-bond donors (Lipinski definition) is 0. The van der Waals surface area contributed by atoms with Gasteiger partial charge in [-0.1, -0.05) is 31.0 Å². The summed E-state index contributed by atoms with van der Waals surface area (Å²) in [6, 6.07) is 15.2. The van der Waals surface area contributed by atoms with E-state index in [2.05, 4.69) is 23.1 Å². The molecule has 0 aromatic heterocycles. The molecule has 2 fully saturated rings. The molecule has 1 aliphatic carbocycles. The molecule has 3 aliphatic rings. The Morgan fingerprint density at radius 1 is 0.938 bits per heavy atom. The first-order chi connectivity index (χ1) is 15.8. The number of carbonyl (C=O) groups excluding carboxylic acids is 1. The van der Waals surface area contributed by atoms with Crippen LogP contribution >= 0.6 is 0 Å². The van der Waals surface area contributed by atoms with Gasteiger partial charge in [-0.05, 0) is 66.6 Å². The van der Waals surface area contributed by atoms with Crippen LogP contribution in [0.3, 0.4) is 0 Å². The zero-order chi connectivity index (χ0) is 21.8. The number of amides is 1. The fourth-order valence-corrected chi connectivity index (χ4v) is 5.35. The Kier molecular flexibility index (Phi) is 6.75. The molecule has 170 valence electrons. The van der Waals surface area contributed by atoms with E-state index < -0.39 is 0 Å². The van der Waals surface area contributed by atoms with E-state index in [1.165, 1.54) is 43.4 Å². The number of rotatable bonds is 5. The summed E-state index contributed by atoms with van der Waals surface area (Å²) in [7, 11) is 0. The number of hydrogen-bond acceptors (Lipinski definition) is 4. The summed E-state index contributed by atoms with van der Waals surface area (Å²) in [5.74, 6) is 0.995. The molecule has 0 N–H and O–H groups in total. The lowest BCUT2D eigenvalue weighted by molar-refractivity contribution is 0.0303. The van der Waals surface area contributed by atoms with Crippen LogP contribution in [0.5, 0.6) is 5.75 Å². The summed E-state index contributed by atoms with van der Waals surface area (Å²) in [5, 5.41) is 0.